The summed E-state index contributed by atoms with van der Waals surface area (Å²) in [5.74, 6) is 0.307. The van der Waals surface area contributed by atoms with E-state index in [9.17, 15) is 14.9 Å². The van der Waals surface area contributed by atoms with Crippen LogP contribution >= 0.6 is 0 Å². The van der Waals surface area contributed by atoms with Crippen molar-refractivity contribution >= 4 is 17.7 Å². The van der Waals surface area contributed by atoms with Gasteiger partial charge in [-0.1, -0.05) is 31.2 Å². The maximum absolute atomic E-state index is 12.4. The lowest BCUT2D eigenvalue weighted by Gasteiger charge is -2.46. The third kappa shape index (κ3) is 2.82. The third-order valence-electron chi connectivity index (χ3n) is 6.27. The molecule has 1 aromatic carbocycles. The Labute approximate surface area is 153 Å². The van der Waals surface area contributed by atoms with Gasteiger partial charge in [-0.15, -0.1) is 0 Å². The molecular formula is C20H25N3O3. The van der Waals surface area contributed by atoms with Crippen molar-refractivity contribution in [2.75, 3.05) is 6.54 Å². The minimum Gasteiger partial charge on any atom is -0.334 e. The number of fused-ring (bicyclic) bond motifs is 6. The van der Waals surface area contributed by atoms with E-state index >= 15 is 0 Å². The normalized spacial score (nSPS) is 30.3. The second-order valence-corrected chi connectivity index (χ2v) is 7.53. The molecular weight excluding hydrogens is 330 g/mol. The Bertz CT molecular complexity index is 728. The lowest BCUT2D eigenvalue weighted by Crippen LogP contribution is -2.61. The van der Waals surface area contributed by atoms with Crippen LogP contribution in [0.1, 0.15) is 44.6 Å². The summed E-state index contributed by atoms with van der Waals surface area (Å²) in [7, 11) is 0. The highest BCUT2D eigenvalue weighted by molar-refractivity contribution is 5.77. The van der Waals surface area contributed by atoms with Gasteiger partial charge in [-0.25, -0.2) is 0 Å². The zero-order chi connectivity index (χ0) is 18.3. The lowest BCUT2D eigenvalue weighted by molar-refractivity contribution is -0.384. The van der Waals surface area contributed by atoms with Crippen molar-refractivity contribution in [2.24, 2.45) is 0 Å². The van der Waals surface area contributed by atoms with Gasteiger partial charge in [-0.3, -0.25) is 19.8 Å². The molecule has 4 bridgehead atoms. The van der Waals surface area contributed by atoms with Gasteiger partial charge >= 0.3 is 0 Å². The highest BCUT2D eigenvalue weighted by Crippen LogP contribution is 2.45. The van der Waals surface area contributed by atoms with Gasteiger partial charge in [-0.2, -0.15) is 0 Å². The molecule has 0 N–H and O–H groups in total. The number of hydrogen-bond donors (Lipinski definition) is 0. The molecule has 3 aliphatic heterocycles. The first-order valence-corrected chi connectivity index (χ1v) is 9.58. The third-order valence-corrected chi connectivity index (χ3v) is 6.27. The Kier molecular flexibility index (Phi) is 4.53. The summed E-state index contributed by atoms with van der Waals surface area (Å²) in [6, 6.07) is 8.39. The summed E-state index contributed by atoms with van der Waals surface area (Å²) < 4.78 is 0. The lowest BCUT2D eigenvalue weighted by atomic mass is 10.0. The van der Waals surface area contributed by atoms with Gasteiger partial charge < -0.3 is 4.90 Å². The summed E-state index contributed by atoms with van der Waals surface area (Å²) in [6.45, 7) is 2.80. The highest BCUT2D eigenvalue weighted by atomic mass is 16.6. The number of nitro benzene ring substituents is 1. The van der Waals surface area contributed by atoms with E-state index in [1.807, 2.05) is 19.1 Å². The number of rotatable bonds is 5. The standard InChI is InChI=1S/C20H25N3O3/c1-2-20(24)22-18-10-11-19(22)17-9-8-16(18)21(17)12-4-6-14-5-3-7-15(13-14)23(25)26/h3-7,13,16-19H,2,8-12H2,1H3/b6-4+/t16-,17+,18-,19+. The van der Waals surface area contributed by atoms with Crippen molar-refractivity contribution in [3.05, 3.63) is 46.0 Å². The molecule has 26 heavy (non-hydrogen) atoms. The summed E-state index contributed by atoms with van der Waals surface area (Å²) in [4.78, 5) is 27.7. The van der Waals surface area contributed by atoms with Gasteiger partial charge in [0, 0.05) is 49.3 Å². The Morgan fingerprint density at radius 1 is 1.19 bits per heavy atom. The number of benzene rings is 1. The monoisotopic (exact) mass is 355 g/mol. The zero-order valence-corrected chi connectivity index (χ0v) is 15.1. The molecule has 6 heteroatoms. The predicted octanol–water partition coefficient (Wildman–Crippen LogP) is 3.22. The molecule has 0 radical (unpaired) electrons. The molecule has 0 spiro atoms. The fraction of sp³-hybridized carbons (Fsp3) is 0.550. The van der Waals surface area contributed by atoms with Crippen LogP contribution in [0.15, 0.2) is 30.3 Å². The number of hydrogen-bond acceptors (Lipinski definition) is 4. The van der Waals surface area contributed by atoms with Gasteiger partial charge in [0.1, 0.15) is 0 Å². The van der Waals surface area contributed by atoms with Crippen molar-refractivity contribution in [1.82, 2.24) is 9.80 Å². The van der Waals surface area contributed by atoms with Gasteiger partial charge in [-0.05, 0) is 31.2 Å². The van der Waals surface area contributed by atoms with Crippen molar-refractivity contribution in [2.45, 2.75) is 63.2 Å². The van der Waals surface area contributed by atoms with Crippen LogP contribution in [-0.4, -0.2) is 51.3 Å². The number of non-ortho nitro benzene ring substituents is 1. The molecule has 6 nitrogen and oxygen atoms in total. The molecule has 0 saturated carbocycles. The van der Waals surface area contributed by atoms with Crippen LogP contribution in [0.2, 0.25) is 0 Å². The van der Waals surface area contributed by atoms with Crippen LogP contribution in [0, 0.1) is 10.1 Å². The van der Waals surface area contributed by atoms with Crippen LogP contribution in [0.4, 0.5) is 5.69 Å². The molecule has 0 aliphatic carbocycles. The summed E-state index contributed by atoms with van der Waals surface area (Å²) >= 11 is 0. The first kappa shape index (κ1) is 17.2. The van der Waals surface area contributed by atoms with Crippen molar-refractivity contribution in [1.29, 1.82) is 0 Å². The van der Waals surface area contributed by atoms with E-state index in [0.717, 1.165) is 24.9 Å². The minimum absolute atomic E-state index is 0.122. The first-order chi connectivity index (χ1) is 12.6. The maximum Gasteiger partial charge on any atom is 0.270 e. The number of carbonyl (C=O) groups excluding carboxylic acids is 1. The largest absolute Gasteiger partial charge is 0.334 e. The highest BCUT2D eigenvalue weighted by Gasteiger charge is 2.55. The molecule has 4 rings (SSSR count). The molecule has 3 fully saturated rings. The van der Waals surface area contributed by atoms with E-state index in [0.29, 0.717) is 36.5 Å². The Balaban J connectivity index is 1.47. The van der Waals surface area contributed by atoms with Crippen molar-refractivity contribution < 1.29 is 9.72 Å². The molecule has 3 heterocycles. The van der Waals surface area contributed by atoms with Gasteiger partial charge in [0.2, 0.25) is 5.91 Å². The molecule has 0 aromatic heterocycles. The molecule has 138 valence electrons. The van der Waals surface area contributed by atoms with E-state index in [1.54, 1.807) is 12.1 Å². The van der Waals surface area contributed by atoms with E-state index < -0.39 is 0 Å². The van der Waals surface area contributed by atoms with Crippen molar-refractivity contribution in [3.63, 3.8) is 0 Å². The Hall–Kier alpha value is -2.21. The van der Waals surface area contributed by atoms with Crippen LogP contribution in [0.25, 0.3) is 6.08 Å². The Morgan fingerprint density at radius 2 is 1.85 bits per heavy atom. The first-order valence-electron chi connectivity index (χ1n) is 9.58. The zero-order valence-electron chi connectivity index (χ0n) is 15.1. The van der Waals surface area contributed by atoms with E-state index in [1.165, 1.54) is 18.9 Å². The number of piperazine rings is 1. The van der Waals surface area contributed by atoms with E-state index in [4.69, 9.17) is 0 Å². The summed E-state index contributed by atoms with van der Waals surface area (Å²) in [5, 5.41) is 10.9. The quantitative estimate of drug-likeness (QED) is 0.601. The predicted molar refractivity (Wildman–Crippen MR) is 99.6 cm³/mol. The van der Waals surface area contributed by atoms with Gasteiger partial charge in [0.15, 0.2) is 0 Å². The molecule has 1 aromatic rings. The second-order valence-electron chi connectivity index (χ2n) is 7.53. The smallest absolute Gasteiger partial charge is 0.270 e. The van der Waals surface area contributed by atoms with E-state index in [-0.39, 0.29) is 10.6 Å². The maximum atomic E-state index is 12.4. The fourth-order valence-corrected chi connectivity index (χ4v) is 5.24. The number of carbonyl (C=O) groups is 1. The van der Waals surface area contributed by atoms with Crippen LogP contribution < -0.4 is 0 Å². The molecule has 3 saturated heterocycles. The average Bonchev–Trinajstić information content (AvgIpc) is 3.16. The minimum atomic E-state index is -0.362. The molecule has 3 aliphatic rings. The molecule has 1 amide bonds. The second kappa shape index (κ2) is 6.83. The van der Waals surface area contributed by atoms with Crippen LogP contribution in [0.3, 0.4) is 0 Å². The van der Waals surface area contributed by atoms with Gasteiger partial charge in [0.05, 0.1) is 4.92 Å². The van der Waals surface area contributed by atoms with Gasteiger partial charge in [0.25, 0.3) is 5.69 Å². The number of amides is 1. The SMILES string of the molecule is CCC(=O)N1[C@@H]2CC[C@H]1[C@@H]1CC[C@H]2N1C/C=C/c1cccc([N+](=O)[O-])c1. The number of nitro groups is 1. The molecule has 4 atom stereocenters. The average molecular weight is 355 g/mol. The molecule has 0 unspecified atom stereocenters. The fourth-order valence-electron chi connectivity index (χ4n) is 5.24. The van der Waals surface area contributed by atoms with Crippen LogP contribution in [-0.2, 0) is 4.79 Å². The van der Waals surface area contributed by atoms with Crippen LogP contribution in [0.5, 0.6) is 0 Å². The topological polar surface area (TPSA) is 66.7 Å². The van der Waals surface area contributed by atoms with Crippen molar-refractivity contribution in [3.8, 4) is 0 Å². The Morgan fingerprint density at radius 3 is 2.46 bits per heavy atom. The summed E-state index contributed by atoms with van der Waals surface area (Å²) in [5.41, 5.74) is 0.978. The number of nitrogens with zero attached hydrogens (tertiary/aromatic N) is 3. The summed E-state index contributed by atoms with van der Waals surface area (Å²) in [6.07, 6.45) is 9.28. The van der Waals surface area contributed by atoms with E-state index in [2.05, 4.69) is 15.9 Å².